The number of amides is 1. The minimum absolute atomic E-state index is 0.0713. The van der Waals surface area contributed by atoms with Crippen molar-refractivity contribution in [2.24, 2.45) is 5.41 Å². The third-order valence-electron chi connectivity index (χ3n) is 1.97. The van der Waals surface area contributed by atoms with Crippen molar-refractivity contribution < 1.29 is 4.79 Å². The van der Waals surface area contributed by atoms with Gasteiger partial charge in [-0.05, 0) is 30.9 Å². The number of rotatable bonds is 3. The van der Waals surface area contributed by atoms with Gasteiger partial charge in [-0.15, -0.1) is 10.2 Å². The number of hydrogen-bond acceptors (Lipinski definition) is 4. The van der Waals surface area contributed by atoms with Crippen LogP contribution in [0.3, 0.4) is 0 Å². The third kappa shape index (κ3) is 3.96. The monoisotopic (exact) mass is 225 g/mol. The van der Waals surface area contributed by atoms with E-state index in [2.05, 4.69) is 46.7 Å². The van der Waals surface area contributed by atoms with Crippen molar-refractivity contribution in [1.29, 1.82) is 0 Å². The molecule has 1 aromatic rings. The average Bonchev–Trinajstić information content (AvgIpc) is 2.48. The lowest BCUT2D eigenvalue weighted by Gasteiger charge is -2.32. The number of nitrogens with one attached hydrogen (secondary N) is 2. The van der Waals surface area contributed by atoms with Crippen LogP contribution in [-0.4, -0.2) is 32.1 Å². The second kappa shape index (κ2) is 4.19. The zero-order valence-electron chi connectivity index (χ0n) is 10.5. The molecule has 0 aromatic carbocycles. The van der Waals surface area contributed by atoms with E-state index in [9.17, 15) is 4.79 Å². The molecule has 1 amide bonds. The zero-order valence-corrected chi connectivity index (χ0v) is 10.5. The van der Waals surface area contributed by atoms with Crippen LogP contribution in [0.1, 0.15) is 51.7 Å². The maximum atomic E-state index is 11.7. The SMILES string of the molecule is CC(C)(C)CC(C)(C)NC(=O)c1nn[nH]n1. The lowest BCUT2D eigenvalue weighted by Crippen LogP contribution is -2.46. The van der Waals surface area contributed by atoms with Crippen molar-refractivity contribution in [3.63, 3.8) is 0 Å². The molecule has 6 nitrogen and oxygen atoms in total. The highest BCUT2D eigenvalue weighted by Crippen LogP contribution is 2.26. The number of aromatic nitrogens is 4. The Kier molecular flexibility index (Phi) is 3.30. The Morgan fingerprint density at radius 1 is 1.31 bits per heavy atom. The largest absolute Gasteiger partial charge is 0.344 e. The Morgan fingerprint density at radius 2 is 1.94 bits per heavy atom. The van der Waals surface area contributed by atoms with Crippen LogP contribution < -0.4 is 5.32 Å². The van der Waals surface area contributed by atoms with Crippen LogP contribution in [0.4, 0.5) is 0 Å². The van der Waals surface area contributed by atoms with Gasteiger partial charge in [0, 0.05) is 5.54 Å². The molecule has 0 aliphatic heterocycles. The van der Waals surface area contributed by atoms with E-state index in [-0.39, 0.29) is 22.7 Å². The molecule has 0 aliphatic carbocycles. The summed E-state index contributed by atoms with van der Waals surface area (Å²) in [5.41, 5.74) is -0.149. The molecule has 0 atom stereocenters. The van der Waals surface area contributed by atoms with Gasteiger partial charge in [-0.1, -0.05) is 20.8 Å². The van der Waals surface area contributed by atoms with Crippen LogP contribution in [0.2, 0.25) is 0 Å². The van der Waals surface area contributed by atoms with Crippen molar-refractivity contribution in [2.75, 3.05) is 0 Å². The maximum absolute atomic E-state index is 11.7. The summed E-state index contributed by atoms with van der Waals surface area (Å²) in [4.78, 5) is 11.7. The molecule has 0 unspecified atom stereocenters. The molecule has 0 spiro atoms. The molecule has 90 valence electrons. The zero-order chi connectivity index (χ0) is 12.4. The first-order valence-electron chi connectivity index (χ1n) is 5.26. The van der Waals surface area contributed by atoms with Gasteiger partial charge in [0.2, 0.25) is 0 Å². The summed E-state index contributed by atoms with van der Waals surface area (Å²) < 4.78 is 0. The van der Waals surface area contributed by atoms with E-state index < -0.39 is 0 Å². The number of carbonyl (C=O) groups is 1. The van der Waals surface area contributed by atoms with Crippen LogP contribution in [-0.2, 0) is 0 Å². The predicted molar refractivity (Wildman–Crippen MR) is 59.8 cm³/mol. The van der Waals surface area contributed by atoms with Crippen molar-refractivity contribution >= 4 is 5.91 Å². The number of tetrazole rings is 1. The Hall–Kier alpha value is -1.46. The quantitative estimate of drug-likeness (QED) is 0.808. The first-order chi connectivity index (χ1) is 7.20. The van der Waals surface area contributed by atoms with E-state index in [0.717, 1.165) is 6.42 Å². The van der Waals surface area contributed by atoms with Crippen LogP contribution in [0.15, 0.2) is 0 Å². The fourth-order valence-corrected chi connectivity index (χ4v) is 1.99. The highest BCUT2D eigenvalue weighted by Gasteiger charge is 2.28. The van der Waals surface area contributed by atoms with Gasteiger partial charge in [-0.25, -0.2) is 0 Å². The predicted octanol–water partition coefficient (Wildman–Crippen LogP) is 1.14. The van der Waals surface area contributed by atoms with Crippen LogP contribution in [0, 0.1) is 5.41 Å². The Labute approximate surface area is 95.2 Å². The summed E-state index contributed by atoms with van der Waals surface area (Å²) in [5.74, 6) is -0.231. The van der Waals surface area contributed by atoms with Crippen molar-refractivity contribution in [3.8, 4) is 0 Å². The molecule has 6 heteroatoms. The lowest BCUT2D eigenvalue weighted by atomic mass is 9.82. The average molecular weight is 225 g/mol. The molecule has 0 bridgehead atoms. The highest BCUT2D eigenvalue weighted by molar-refractivity contribution is 5.90. The molecule has 1 rings (SSSR count). The fraction of sp³-hybridized carbons (Fsp3) is 0.800. The van der Waals surface area contributed by atoms with Gasteiger partial charge in [0.25, 0.3) is 11.7 Å². The van der Waals surface area contributed by atoms with Crippen molar-refractivity contribution in [1.82, 2.24) is 25.9 Å². The molecule has 0 saturated carbocycles. The van der Waals surface area contributed by atoms with Gasteiger partial charge >= 0.3 is 0 Å². The Balaban J connectivity index is 2.63. The minimum Gasteiger partial charge on any atom is -0.344 e. The molecule has 2 N–H and O–H groups in total. The summed E-state index contributed by atoms with van der Waals surface area (Å²) in [6, 6.07) is 0. The van der Waals surface area contributed by atoms with Gasteiger partial charge in [0.1, 0.15) is 0 Å². The maximum Gasteiger partial charge on any atom is 0.293 e. The Morgan fingerprint density at radius 3 is 2.38 bits per heavy atom. The van der Waals surface area contributed by atoms with Crippen LogP contribution >= 0.6 is 0 Å². The molecule has 16 heavy (non-hydrogen) atoms. The summed E-state index contributed by atoms with van der Waals surface area (Å²) in [7, 11) is 0. The lowest BCUT2D eigenvalue weighted by molar-refractivity contribution is 0.0880. The second-order valence-electron chi connectivity index (χ2n) is 5.81. The molecular formula is C10H19N5O. The molecule has 0 aliphatic rings. The normalized spacial score (nSPS) is 12.6. The van der Waals surface area contributed by atoms with Gasteiger partial charge < -0.3 is 5.32 Å². The first kappa shape index (κ1) is 12.6. The number of hydrogen-bond donors (Lipinski definition) is 2. The highest BCUT2D eigenvalue weighted by atomic mass is 16.2. The summed E-state index contributed by atoms with van der Waals surface area (Å²) in [6.45, 7) is 10.4. The van der Waals surface area contributed by atoms with E-state index >= 15 is 0 Å². The summed E-state index contributed by atoms with van der Waals surface area (Å²) >= 11 is 0. The number of H-pyrrole nitrogens is 1. The van der Waals surface area contributed by atoms with E-state index in [4.69, 9.17) is 0 Å². The smallest absolute Gasteiger partial charge is 0.293 e. The van der Waals surface area contributed by atoms with Gasteiger partial charge in [0.15, 0.2) is 0 Å². The number of aromatic amines is 1. The molecule has 1 aromatic heterocycles. The van der Waals surface area contributed by atoms with Gasteiger partial charge in [0.05, 0.1) is 0 Å². The van der Waals surface area contributed by atoms with Crippen molar-refractivity contribution in [3.05, 3.63) is 5.82 Å². The first-order valence-corrected chi connectivity index (χ1v) is 5.26. The van der Waals surface area contributed by atoms with Gasteiger partial charge in [-0.3, -0.25) is 4.79 Å². The van der Waals surface area contributed by atoms with Crippen LogP contribution in [0.5, 0.6) is 0 Å². The summed E-state index contributed by atoms with van der Waals surface area (Å²) in [6.07, 6.45) is 0.865. The van der Waals surface area contributed by atoms with E-state index in [1.807, 2.05) is 13.8 Å². The van der Waals surface area contributed by atoms with E-state index in [0.29, 0.717) is 0 Å². The molecular weight excluding hydrogens is 206 g/mol. The number of nitrogens with zero attached hydrogens (tertiary/aromatic N) is 3. The topological polar surface area (TPSA) is 83.6 Å². The molecule has 1 heterocycles. The summed E-state index contributed by atoms with van der Waals surface area (Å²) in [5, 5.41) is 15.8. The third-order valence-corrected chi connectivity index (χ3v) is 1.97. The molecule has 0 radical (unpaired) electrons. The van der Waals surface area contributed by atoms with Crippen LogP contribution in [0.25, 0.3) is 0 Å². The fourth-order valence-electron chi connectivity index (χ4n) is 1.99. The Bertz CT molecular complexity index is 350. The standard InChI is InChI=1S/C10H19N5O/c1-9(2,3)6-10(4,5)11-8(16)7-12-14-15-13-7/h6H2,1-5H3,(H,11,16)(H,12,13,14,15). The van der Waals surface area contributed by atoms with Gasteiger partial charge in [-0.2, -0.15) is 5.21 Å². The molecule has 0 saturated heterocycles. The van der Waals surface area contributed by atoms with Crippen molar-refractivity contribution in [2.45, 2.75) is 46.6 Å². The van der Waals surface area contributed by atoms with E-state index in [1.54, 1.807) is 0 Å². The van der Waals surface area contributed by atoms with E-state index in [1.165, 1.54) is 0 Å². The second-order valence-corrected chi connectivity index (χ2v) is 5.81. The molecule has 0 fully saturated rings. The number of carbonyl (C=O) groups excluding carboxylic acids is 1. The minimum atomic E-state index is -0.303.